The van der Waals surface area contributed by atoms with E-state index in [2.05, 4.69) is 73.4 Å². The molecule has 0 saturated carbocycles. The molecule has 1 heterocycles. The summed E-state index contributed by atoms with van der Waals surface area (Å²) in [5.74, 6) is 0. The normalized spacial score (nSPS) is 17.1. The van der Waals surface area contributed by atoms with Gasteiger partial charge in [0.2, 0.25) is 0 Å². The number of hydrogen-bond donors (Lipinski definition) is 0. The lowest BCUT2D eigenvalue weighted by atomic mass is 10.0. The molecule has 0 aliphatic carbocycles. The number of halogens is 1. The van der Waals surface area contributed by atoms with Gasteiger partial charge in [0.15, 0.2) is 0 Å². The molecule has 1 nitrogen and oxygen atoms in total. The highest BCUT2D eigenvalue weighted by atomic mass is 79.9. The van der Waals surface area contributed by atoms with Crippen LogP contribution < -0.4 is 4.48 Å². The van der Waals surface area contributed by atoms with Gasteiger partial charge in [-0.3, -0.25) is 4.48 Å². The van der Waals surface area contributed by atoms with Gasteiger partial charge in [0.25, 0.3) is 0 Å². The first-order chi connectivity index (χ1) is 8.00. The molecule has 0 N–H and O–H groups in total. The van der Waals surface area contributed by atoms with Crippen LogP contribution in [-0.2, 0) is 0 Å². The maximum absolute atomic E-state index is 3.53. The van der Waals surface area contributed by atoms with E-state index < -0.39 is 0 Å². The average molecular weight is 289 g/mol. The van der Waals surface area contributed by atoms with E-state index in [9.17, 15) is 0 Å². The number of rotatable bonds is 0. The summed E-state index contributed by atoms with van der Waals surface area (Å²) in [4.78, 5) is 0. The topological polar surface area (TPSA) is 0 Å². The molecule has 3 rings (SSSR count). The van der Waals surface area contributed by atoms with Crippen molar-refractivity contribution in [3.63, 3.8) is 0 Å². The minimum absolute atomic E-state index is 0.862. The molecular formula is C15H15BrN+. The van der Waals surface area contributed by atoms with E-state index in [0.717, 1.165) is 8.96 Å². The largest absolute Gasteiger partial charge is 0.267 e. The fourth-order valence-electron chi connectivity index (χ4n) is 2.51. The van der Waals surface area contributed by atoms with Gasteiger partial charge < -0.3 is 0 Å². The molecule has 0 unspecified atom stereocenters. The Labute approximate surface area is 110 Å². The van der Waals surface area contributed by atoms with Crippen LogP contribution in [0.1, 0.15) is 12.5 Å². The van der Waals surface area contributed by atoms with Crippen molar-refractivity contribution in [3.8, 4) is 0 Å². The number of nitrogens with zero attached hydrogens (tertiary/aromatic N) is 1. The Hall–Kier alpha value is -1.12. The van der Waals surface area contributed by atoms with Gasteiger partial charge >= 0.3 is 0 Å². The lowest BCUT2D eigenvalue weighted by Crippen LogP contribution is -2.35. The molecule has 2 aromatic rings. The molecule has 0 radical (unpaired) electrons. The first-order valence-corrected chi connectivity index (χ1v) is 6.55. The Morgan fingerprint density at radius 1 is 1.06 bits per heavy atom. The summed E-state index contributed by atoms with van der Waals surface area (Å²) in [7, 11) is 4.48. The Morgan fingerprint density at radius 2 is 1.82 bits per heavy atom. The summed E-state index contributed by atoms with van der Waals surface area (Å²) in [6.45, 7) is 2.20. The van der Waals surface area contributed by atoms with Crippen LogP contribution in [0.25, 0.3) is 16.8 Å². The van der Waals surface area contributed by atoms with E-state index >= 15 is 0 Å². The smallest absolute Gasteiger partial charge is 0.145 e. The van der Waals surface area contributed by atoms with Gasteiger partial charge in [0, 0.05) is 29.1 Å². The summed E-state index contributed by atoms with van der Waals surface area (Å²) >= 11 is 3.53. The molecule has 0 atom stereocenters. The Morgan fingerprint density at radius 3 is 2.59 bits per heavy atom. The summed E-state index contributed by atoms with van der Waals surface area (Å²) < 4.78 is 2.00. The third-order valence-corrected chi connectivity index (χ3v) is 4.33. The number of benzene rings is 2. The molecule has 2 aromatic carbocycles. The fraction of sp³-hybridized carbons (Fsp3) is 0.200. The third kappa shape index (κ3) is 1.48. The highest BCUT2D eigenvalue weighted by Crippen LogP contribution is 2.41. The number of quaternary nitrogens is 1. The lowest BCUT2D eigenvalue weighted by Gasteiger charge is -2.25. The second kappa shape index (κ2) is 3.44. The molecule has 1 aliphatic heterocycles. The predicted molar refractivity (Wildman–Crippen MR) is 78.9 cm³/mol. The zero-order valence-electron chi connectivity index (χ0n) is 10.3. The van der Waals surface area contributed by atoms with E-state index in [1.54, 1.807) is 0 Å². The maximum Gasteiger partial charge on any atom is 0.145 e. The van der Waals surface area contributed by atoms with E-state index in [-0.39, 0.29) is 0 Å². The van der Waals surface area contributed by atoms with Crippen molar-refractivity contribution in [2.75, 3.05) is 14.1 Å². The molecule has 86 valence electrons. The van der Waals surface area contributed by atoms with Crippen molar-refractivity contribution in [2.45, 2.75) is 6.92 Å². The van der Waals surface area contributed by atoms with Crippen molar-refractivity contribution < 1.29 is 0 Å². The quantitative estimate of drug-likeness (QED) is 0.624. The van der Waals surface area contributed by atoms with Gasteiger partial charge in [-0.15, -0.1) is 0 Å². The molecule has 0 aromatic heterocycles. The molecule has 0 bridgehead atoms. The Balaban J connectivity index is 2.40. The van der Waals surface area contributed by atoms with Crippen LogP contribution in [0.3, 0.4) is 0 Å². The monoisotopic (exact) mass is 288 g/mol. The second-order valence-corrected chi connectivity index (χ2v) is 6.02. The number of fused-ring (bicyclic) bond motifs is 3. The summed E-state index contributed by atoms with van der Waals surface area (Å²) in [5.41, 5.74) is 4.14. The van der Waals surface area contributed by atoms with Gasteiger partial charge in [0.1, 0.15) is 11.4 Å². The van der Waals surface area contributed by atoms with E-state index in [4.69, 9.17) is 0 Å². The fourth-order valence-corrected chi connectivity index (χ4v) is 2.89. The summed E-state index contributed by atoms with van der Waals surface area (Å²) in [6.07, 6.45) is 2.31. The molecule has 17 heavy (non-hydrogen) atoms. The highest BCUT2D eigenvalue weighted by Gasteiger charge is 2.31. The Kier molecular flexibility index (Phi) is 2.22. The van der Waals surface area contributed by atoms with Crippen molar-refractivity contribution in [3.05, 3.63) is 46.1 Å². The number of hydrogen-bond acceptors (Lipinski definition) is 0. The maximum atomic E-state index is 3.53. The molecule has 0 spiro atoms. The van der Waals surface area contributed by atoms with Gasteiger partial charge in [-0.2, -0.15) is 0 Å². The van der Waals surface area contributed by atoms with Gasteiger partial charge in [0.05, 0.1) is 14.1 Å². The summed E-state index contributed by atoms with van der Waals surface area (Å²) in [5, 5.41) is 2.64. The van der Waals surface area contributed by atoms with Crippen LogP contribution in [0.5, 0.6) is 0 Å². The van der Waals surface area contributed by atoms with Gasteiger partial charge in [-0.05, 0) is 29.0 Å². The van der Waals surface area contributed by atoms with Crippen LogP contribution in [0, 0.1) is 0 Å². The van der Waals surface area contributed by atoms with Crippen molar-refractivity contribution in [1.82, 2.24) is 4.48 Å². The molecule has 1 aliphatic rings. The minimum atomic E-state index is 0.862. The number of allylic oxidation sites excluding steroid dienone is 1. The van der Waals surface area contributed by atoms with Gasteiger partial charge in [-0.25, -0.2) is 0 Å². The molecule has 2 heteroatoms. The minimum Gasteiger partial charge on any atom is -0.267 e. The van der Waals surface area contributed by atoms with Crippen LogP contribution in [0.15, 0.2) is 40.5 Å². The van der Waals surface area contributed by atoms with E-state index in [1.165, 1.54) is 27.7 Å². The molecule has 0 fully saturated rings. The molecule has 0 saturated heterocycles. The van der Waals surface area contributed by atoms with Crippen LogP contribution in [-0.4, -0.2) is 14.1 Å². The van der Waals surface area contributed by atoms with Crippen LogP contribution in [0.2, 0.25) is 0 Å². The van der Waals surface area contributed by atoms with Crippen molar-refractivity contribution >= 4 is 38.5 Å². The average Bonchev–Trinajstić information content (AvgIpc) is 2.50. The Bertz CT molecular complexity index is 653. The van der Waals surface area contributed by atoms with E-state index in [1.807, 2.05) is 0 Å². The second-order valence-electron chi connectivity index (χ2n) is 5.10. The first-order valence-electron chi connectivity index (χ1n) is 5.76. The highest BCUT2D eigenvalue weighted by molar-refractivity contribution is 9.10. The summed E-state index contributed by atoms with van der Waals surface area (Å²) in [6, 6.07) is 11.0. The first kappa shape index (κ1) is 11.0. The van der Waals surface area contributed by atoms with Crippen LogP contribution in [0.4, 0.5) is 5.69 Å². The lowest BCUT2D eigenvalue weighted by molar-refractivity contribution is 0.508. The zero-order chi connectivity index (χ0) is 12.2. The van der Waals surface area contributed by atoms with Gasteiger partial charge in [-0.1, -0.05) is 22.0 Å². The standard InChI is InChI=1S/C15H15BrN/c1-10-8-14-13-6-5-12(16)9-11(13)4-7-15(14)17(10,2)3/h4-9H,1-3H3/q+1. The molecular weight excluding hydrogens is 274 g/mol. The predicted octanol–water partition coefficient (Wildman–Crippen LogP) is 4.54. The zero-order valence-corrected chi connectivity index (χ0v) is 11.9. The van der Waals surface area contributed by atoms with E-state index in [0.29, 0.717) is 0 Å². The van der Waals surface area contributed by atoms with Crippen molar-refractivity contribution in [2.24, 2.45) is 0 Å². The van der Waals surface area contributed by atoms with Crippen LogP contribution >= 0.6 is 15.9 Å². The SMILES string of the molecule is CC1=Cc2c(ccc3cc(Br)ccc23)[N+]1(C)C. The third-order valence-electron chi connectivity index (χ3n) is 3.84. The van der Waals surface area contributed by atoms with Crippen molar-refractivity contribution in [1.29, 1.82) is 0 Å². The molecule has 0 amide bonds.